The molecule has 0 rings (SSSR count). The minimum atomic E-state index is -4.93. The van der Waals surface area contributed by atoms with Crippen LogP contribution in [0.1, 0.15) is 0 Å². The van der Waals surface area contributed by atoms with Crippen molar-refractivity contribution in [3.8, 4) is 0 Å². The van der Waals surface area contributed by atoms with Crippen LogP contribution in [-0.2, 0) is 13.9 Å². The van der Waals surface area contributed by atoms with Gasteiger partial charge in [-0.3, -0.25) is 4.79 Å². The van der Waals surface area contributed by atoms with E-state index in [2.05, 4.69) is 10.3 Å². The molecule has 0 aromatic rings. The monoisotopic (exact) mass is 168 g/mol. The van der Waals surface area contributed by atoms with Crippen molar-refractivity contribution in [1.82, 2.24) is 0 Å². The van der Waals surface area contributed by atoms with Crippen LogP contribution in [0.25, 0.3) is 0 Å². The molecule has 0 unspecified atom stereocenters. The average Bonchev–Trinajstić information content (AvgIpc) is 1.81. The van der Waals surface area contributed by atoms with Crippen molar-refractivity contribution < 1.29 is 29.4 Å². The summed E-state index contributed by atoms with van der Waals surface area (Å²) >= 11 is 0. The van der Waals surface area contributed by atoms with E-state index in [0.717, 1.165) is 0 Å². The van der Waals surface area contributed by atoms with E-state index in [1.165, 1.54) is 0 Å². The van der Waals surface area contributed by atoms with Crippen molar-refractivity contribution in [2.24, 2.45) is 0 Å². The van der Waals surface area contributed by atoms with Crippen LogP contribution in [0, 0.1) is 0 Å². The zero-order valence-electron chi connectivity index (χ0n) is 5.06. The molecule has 10 heavy (non-hydrogen) atoms. The van der Waals surface area contributed by atoms with E-state index in [4.69, 9.17) is 0 Å². The molecule has 0 aromatic carbocycles. The number of carbonyl (C=O) groups is 1. The molecule has 0 heterocycles. The molecule has 1 atom stereocenters. The summed E-state index contributed by atoms with van der Waals surface area (Å²) in [5.41, 5.74) is 3.17. The Morgan fingerprint density at radius 3 is 2.50 bits per heavy atom. The fourth-order valence-corrected chi connectivity index (χ4v) is 0.600. The van der Waals surface area contributed by atoms with Gasteiger partial charge in [-0.15, -0.1) is 0 Å². The van der Waals surface area contributed by atoms with Gasteiger partial charge in [-0.25, -0.2) is 0 Å². The van der Waals surface area contributed by atoms with Crippen LogP contribution in [0.2, 0.25) is 0 Å². The van der Waals surface area contributed by atoms with Crippen LogP contribution < -0.4 is 15.5 Å². The Morgan fingerprint density at radius 2 is 2.20 bits per heavy atom. The standard InChI is InChI=1S/C3H8NO5P/c4-3(1-5)2-9-10(6,7)8/h1,3H,2,4H2,(H2,6,7,8)/p-1/t3-/m1/s1. The highest BCUT2D eigenvalue weighted by atomic mass is 31.2. The van der Waals surface area contributed by atoms with Gasteiger partial charge < -0.3 is 24.6 Å². The second-order valence-corrected chi connectivity index (χ2v) is 2.79. The third kappa shape index (κ3) is 5.87. The summed E-state index contributed by atoms with van der Waals surface area (Å²) in [5, 5.41) is 0. The van der Waals surface area contributed by atoms with Gasteiger partial charge in [0.1, 0.15) is 6.61 Å². The summed E-state index contributed by atoms with van der Waals surface area (Å²) in [6.45, 7) is -0.478. The Kier molecular flexibility index (Phi) is 3.70. The summed E-state index contributed by atoms with van der Waals surface area (Å²) in [6.07, 6.45) is 0.398. The number of hydrogen-bond donors (Lipinski definition) is 1. The minimum Gasteiger partial charge on any atom is -0.790 e. The largest absolute Gasteiger partial charge is 0.790 e. The molecule has 0 fully saturated rings. The normalized spacial score (nSPS) is 14.7. The number of phosphoric ester groups is 1. The molecule has 0 spiro atoms. The highest BCUT2D eigenvalue weighted by Gasteiger charge is 2.03. The number of rotatable bonds is 4. The van der Waals surface area contributed by atoms with Gasteiger partial charge in [0.2, 0.25) is 0 Å². The van der Waals surface area contributed by atoms with Gasteiger partial charge in [0.05, 0.1) is 7.82 Å². The highest BCUT2D eigenvalue weighted by Crippen LogP contribution is 2.23. The lowest BCUT2D eigenvalue weighted by atomic mass is 10.4. The molecule has 0 aliphatic heterocycles. The van der Waals surface area contributed by atoms with E-state index >= 15 is 0 Å². The molecule has 6 nitrogen and oxygen atoms in total. The zero-order chi connectivity index (χ0) is 8.20. The smallest absolute Gasteiger partial charge is 0.179 e. The Balaban J connectivity index is 3.55. The lowest BCUT2D eigenvalue weighted by Gasteiger charge is -2.28. The van der Waals surface area contributed by atoms with Crippen LogP contribution in [0.5, 0.6) is 0 Å². The Labute approximate surface area is 57.2 Å². The third-order valence-corrected chi connectivity index (χ3v) is 1.10. The van der Waals surface area contributed by atoms with Crippen molar-refractivity contribution in [3.63, 3.8) is 0 Å². The first-order valence-electron chi connectivity index (χ1n) is 2.40. The highest BCUT2D eigenvalue weighted by molar-refractivity contribution is 7.43. The predicted octanol–water partition coefficient (Wildman–Crippen LogP) is -3.36. The molecule has 0 aliphatic carbocycles. The molecular formula is C3H7NO5P-. The van der Waals surface area contributed by atoms with E-state index < -0.39 is 20.5 Å². The predicted molar refractivity (Wildman–Crippen MR) is 26.3 cm³/mol. The van der Waals surface area contributed by atoms with Crippen LogP contribution >= 0.6 is 7.82 Å². The lowest BCUT2D eigenvalue weighted by Crippen LogP contribution is -2.64. The van der Waals surface area contributed by atoms with Crippen molar-refractivity contribution in [1.29, 1.82) is 0 Å². The summed E-state index contributed by atoms with van der Waals surface area (Å²) in [6, 6.07) is -0.809. The second-order valence-electron chi connectivity index (χ2n) is 1.64. The zero-order valence-corrected chi connectivity index (χ0v) is 5.95. The van der Waals surface area contributed by atoms with Gasteiger partial charge in [-0.05, 0) is 0 Å². The fraction of sp³-hybridized carbons (Fsp3) is 0.667. The quantitative estimate of drug-likeness (QED) is 0.347. The Hall–Kier alpha value is -0.260. The summed E-state index contributed by atoms with van der Waals surface area (Å²) in [5.74, 6) is 0. The van der Waals surface area contributed by atoms with Crippen molar-refractivity contribution in [3.05, 3.63) is 0 Å². The van der Waals surface area contributed by atoms with Gasteiger partial charge in [0.15, 0.2) is 12.3 Å². The molecule has 0 radical (unpaired) electrons. The average molecular weight is 168 g/mol. The first-order valence-corrected chi connectivity index (χ1v) is 3.87. The number of hydrogen-bond acceptors (Lipinski definition) is 5. The minimum absolute atomic E-state index is 0.398. The molecule has 0 saturated heterocycles. The molecule has 60 valence electrons. The van der Waals surface area contributed by atoms with Gasteiger partial charge in [0, 0.05) is 0 Å². The van der Waals surface area contributed by atoms with Crippen LogP contribution in [-0.4, -0.2) is 18.9 Å². The fourth-order valence-electron chi connectivity index (χ4n) is 0.226. The first kappa shape index (κ1) is 9.74. The number of quaternary nitrogens is 1. The topological polar surface area (TPSA) is 117 Å². The van der Waals surface area contributed by atoms with E-state index in [-0.39, 0.29) is 0 Å². The molecule has 7 heteroatoms. The van der Waals surface area contributed by atoms with Crippen molar-refractivity contribution in [2.75, 3.05) is 6.61 Å². The van der Waals surface area contributed by atoms with Gasteiger partial charge >= 0.3 is 0 Å². The lowest BCUT2D eigenvalue weighted by molar-refractivity contribution is -0.410. The summed E-state index contributed by atoms with van der Waals surface area (Å²) in [4.78, 5) is 29.3. The summed E-state index contributed by atoms with van der Waals surface area (Å²) in [7, 11) is -4.93. The van der Waals surface area contributed by atoms with E-state index in [1.54, 1.807) is 0 Å². The molecule has 0 aromatic heterocycles. The molecule has 0 aliphatic rings. The molecular weight excluding hydrogens is 161 g/mol. The third-order valence-electron chi connectivity index (χ3n) is 0.639. The maximum atomic E-state index is 9.79. The van der Waals surface area contributed by atoms with E-state index in [1.807, 2.05) is 0 Å². The summed E-state index contributed by atoms with van der Waals surface area (Å²) < 4.78 is 13.5. The number of aldehydes is 1. The Bertz CT molecular complexity index is 153. The SMILES string of the molecule is [NH3+][C@H](C=O)COP(=O)([O-])[O-]. The van der Waals surface area contributed by atoms with Gasteiger partial charge in [-0.1, -0.05) is 0 Å². The van der Waals surface area contributed by atoms with Gasteiger partial charge in [-0.2, -0.15) is 0 Å². The van der Waals surface area contributed by atoms with E-state index in [0.29, 0.717) is 6.29 Å². The Morgan fingerprint density at radius 1 is 1.70 bits per heavy atom. The van der Waals surface area contributed by atoms with Crippen LogP contribution in [0.3, 0.4) is 0 Å². The van der Waals surface area contributed by atoms with Gasteiger partial charge in [0.25, 0.3) is 0 Å². The molecule has 0 saturated carbocycles. The number of phosphoric acid groups is 1. The van der Waals surface area contributed by atoms with Crippen LogP contribution in [0.15, 0.2) is 0 Å². The first-order chi connectivity index (χ1) is 4.45. The van der Waals surface area contributed by atoms with E-state index in [9.17, 15) is 19.1 Å². The maximum absolute atomic E-state index is 9.79. The van der Waals surface area contributed by atoms with Crippen LogP contribution in [0.4, 0.5) is 0 Å². The van der Waals surface area contributed by atoms with Crippen molar-refractivity contribution >= 4 is 14.1 Å². The van der Waals surface area contributed by atoms with Crippen molar-refractivity contribution in [2.45, 2.75) is 6.04 Å². The molecule has 0 bridgehead atoms. The second kappa shape index (κ2) is 3.80. The molecule has 0 amide bonds. The number of carbonyl (C=O) groups excluding carboxylic acids is 1. The maximum Gasteiger partial charge on any atom is 0.179 e. The molecule has 3 N–H and O–H groups in total.